The van der Waals surface area contributed by atoms with Crippen molar-refractivity contribution < 1.29 is 18.0 Å². The lowest BCUT2D eigenvalue weighted by molar-refractivity contribution is -0.155. The zero-order chi connectivity index (χ0) is 23.5. The van der Waals surface area contributed by atoms with Crippen LogP contribution < -0.4 is 5.32 Å². The Labute approximate surface area is 194 Å². The van der Waals surface area contributed by atoms with Crippen molar-refractivity contribution in [2.24, 2.45) is 0 Å². The van der Waals surface area contributed by atoms with Gasteiger partial charge in [-0.2, -0.15) is 13.2 Å². The van der Waals surface area contributed by atoms with Gasteiger partial charge in [-0.05, 0) is 39.9 Å². The maximum Gasteiger partial charge on any atom is 0.412 e. The number of amides is 2. The molecule has 0 saturated carbocycles. The van der Waals surface area contributed by atoms with Gasteiger partial charge in [-0.1, -0.05) is 35.3 Å². The maximum absolute atomic E-state index is 14.0. The number of benzene rings is 1. The highest BCUT2D eigenvalue weighted by atomic mass is 35.5. The third-order valence-electron chi connectivity index (χ3n) is 5.59. The molecule has 1 aromatic carbocycles. The van der Waals surface area contributed by atoms with E-state index in [1.165, 1.54) is 35.6 Å². The van der Waals surface area contributed by atoms with E-state index in [4.69, 9.17) is 23.2 Å². The predicted octanol–water partition coefficient (Wildman–Crippen LogP) is 5.18. The van der Waals surface area contributed by atoms with Crippen molar-refractivity contribution in [1.82, 2.24) is 25.1 Å². The van der Waals surface area contributed by atoms with Gasteiger partial charge in [0.05, 0.1) is 21.9 Å². The van der Waals surface area contributed by atoms with Gasteiger partial charge in [0.1, 0.15) is 0 Å². The molecule has 1 N–H and O–H groups in total. The van der Waals surface area contributed by atoms with Crippen LogP contribution in [0.3, 0.4) is 0 Å². The second-order valence-corrected chi connectivity index (χ2v) is 8.42. The Kier molecular flexibility index (Phi) is 7.84. The van der Waals surface area contributed by atoms with Crippen molar-refractivity contribution in [1.29, 1.82) is 0 Å². The lowest BCUT2D eigenvalue weighted by Crippen LogP contribution is -2.52. The van der Waals surface area contributed by atoms with E-state index in [0.29, 0.717) is 30.6 Å². The Bertz CT molecular complexity index is 937. The third kappa shape index (κ3) is 5.44. The van der Waals surface area contributed by atoms with Crippen LogP contribution in [-0.2, 0) is 0 Å². The van der Waals surface area contributed by atoms with E-state index in [1.807, 2.05) is 7.05 Å². The number of rotatable bonds is 5. The largest absolute Gasteiger partial charge is 0.412 e. The molecule has 0 bridgehead atoms. The van der Waals surface area contributed by atoms with Gasteiger partial charge in [0.25, 0.3) is 0 Å². The highest BCUT2D eigenvalue weighted by Crippen LogP contribution is 2.42. The Morgan fingerprint density at radius 2 is 1.94 bits per heavy atom. The number of likely N-dealkylation sites (tertiary alicyclic amines) is 1. The van der Waals surface area contributed by atoms with Crippen LogP contribution in [0.15, 0.2) is 30.7 Å². The van der Waals surface area contributed by atoms with Gasteiger partial charge >= 0.3 is 12.2 Å². The number of carbonyl (C=O) groups excluding carboxylic acids is 1. The van der Waals surface area contributed by atoms with Crippen molar-refractivity contribution in [3.8, 4) is 11.3 Å². The summed E-state index contributed by atoms with van der Waals surface area (Å²) in [4.78, 5) is 24.5. The number of nitrogens with zero attached hydrogens (tertiary/aromatic N) is 4. The first kappa shape index (κ1) is 24.5. The van der Waals surface area contributed by atoms with Crippen LogP contribution in [0.5, 0.6) is 0 Å². The number of alkyl halides is 3. The summed E-state index contributed by atoms with van der Waals surface area (Å²) in [5.41, 5.74) is 0.393. The second-order valence-electron chi connectivity index (χ2n) is 7.67. The van der Waals surface area contributed by atoms with Gasteiger partial charge in [0, 0.05) is 36.1 Å². The number of piperidine rings is 1. The molecule has 1 aliphatic heterocycles. The summed E-state index contributed by atoms with van der Waals surface area (Å²) in [5.74, 6) is 0. The van der Waals surface area contributed by atoms with E-state index in [9.17, 15) is 18.0 Å². The quantitative estimate of drug-likeness (QED) is 0.628. The number of carbonyl (C=O) groups is 1. The molecule has 1 atom stereocenters. The molecular weight excluding hydrogens is 466 g/mol. The number of halogens is 5. The topological polar surface area (TPSA) is 61.4 Å². The van der Waals surface area contributed by atoms with Gasteiger partial charge in [0.2, 0.25) is 0 Å². The fraction of sp³-hybridized carbons (Fsp3) is 0.476. The van der Waals surface area contributed by atoms with Gasteiger partial charge in [-0.15, -0.1) is 0 Å². The van der Waals surface area contributed by atoms with Gasteiger partial charge < -0.3 is 15.1 Å². The molecule has 2 aromatic rings. The minimum atomic E-state index is -4.77. The molecule has 174 valence electrons. The smallest absolute Gasteiger partial charge is 0.322 e. The van der Waals surface area contributed by atoms with E-state index in [0.717, 1.165) is 13.1 Å². The number of nitrogens with one attached hydrogen (secondary N) is 1. The number of hydrogen-bond acceptors (Lipinski definition) is 4. The zero-order valence-corrected chi connectivity index (χ0v) is 19.2. The molecule has 6 nitrogen and oxygen atoms in total. The van der Waals surface area contributed by atoms with Crippen molar-refractivity contribution in [3.05, 3.63) is 46.3 Å². The highest BCUT2D eigenvalue weighted by molar-refractivity contribution is 6.44. The average Bonchev–Trinajstić information content (AvgIpc) is 2.76. The molecule has 1 saturated heterocycles. The first-order chi connectivity index (χ1) is 15.1. The molecule has 11 heteroatoms. The molecule has 1 unspecified atom stereocenters. The van der Waals surface area contributed by atoms with Crippen molar-refractivity contribution in [2.45, 2.75) is 38.0 Å². The molecule has 1 aliphatic rings. The van der Waals surface area contributed by atoms with Crippen molar-refractivity contribution in [2.75, 3.05) is 26.7 Å². The molecule has 2 heterocycles. The monoisotopic (exact) mass is 489 g/mol. The first-order valence-corrected chi connectivity index (χ1v) is 11.0. The summed E-state index contributed by atoms with van der Waals surface area (Å²) < 4.78 is 42.0. The third-order valence-corrected chi connectivity index (χ3v) is 6.48. The molecule has 3 rings (SSSR count). The first-order valence-electron chi connectivity index (χ1n) is 10.2. The van der Waals surface area contributed by atoms with E-state index in [1.54, 1.807) is 6.92 Å². The van der Waals surface area contributed by atoms with E-state index >= 15 is 0 Å². The van der Waals surface area contributed by atoms with E-state index in [2.05, 4.69) is 20.2 Å². The average molecular weight is 490 g/mol. The summed E-state index contributed by atoms with van der Waals surface area (Å²) in [6.07, 6.45) is 0.965. The predicted molar refractivity (Wildman–Crippen MR) is 118 cm³/mol. The van der Waals surface area contributed by atoms with Crippen LogP contribution in [0.1, 0.15) is 31.4 Å². The lowest BCUT2D eigenvalue weighted by atomic mass is 10.0. The van der Waals surface area contributed by atoms with Crippen LogP contribution >= 0.6 is 23.2 Å². The number of urea groups is 1. The SMILES string of the molecule is CCN(C(=O)NC(c1ccc(-c2cnccn2)c(Cl)c1Cl)C(F)(F)F)C1CCN(C)CC1. The number of hydrogen-bond donors (Lipinski definition) is 1. The van der Waals surface area contributed by atoms with Crippen LogP contribution in [0.2, 0.25) is 10.0 Å². The van der Waals surface area contributed by atoms with Gasteiger partial charge in [-0.25, -0.2) is 4.79 Å². The summed E-state index contributed by atoms with van der Waals surface area (Å²) >= 11 is 12.6. The Morgan fingerprint density at radius 3 is 2.50 bits per heavy atom. The molecule has 0 aliphatic carbocycles. The van der Waals surface area contributed by atoms with Gasteiger partial charge in [0.15, 0.2) is 6.04 Å². The Balaban J connectivity index is 1.88. The fourth-order valence-corrected chi connectivity index (χ4v) is 4.38. The lowest BCUT2D eigenvalue weighted by Gasteiger charge is -2.37. The molecule has 0 radical (unpaired) electrons. The summed E-state index contributed by atoms with van der Waals surface area (Å²) in [6.45, 7) is 3.61. The van der Waals surface area contributed by atoms with Crippen LogP contribution in [0.4, 0.5) is 18.0 Å². The van der Waals surface area contributed by atoms with Crippen LogP contribution in [0.25, 0.3) is 11.3 Å². The standard InChI is InChI=1S/C21H24Cl2F3N5O/c1-3-31(13-6-10-30(2)11-7-13)20(32)29-19(21(24,25)26)15-5-4-14(17(22)18(15)23)16-12-27-8-9-28-16/h4-5,8-9,12-13,19H,3,6-7,10-11H2,1-2H3,(H,29,32). The zero-order valence-electron chi connectivity index (χ0n) is 17.7. The van der Waals surface area contributed by atoms with Crippen LogP contribution in [-0.4, -0.2) is 64.7 Å². The fourth-order valence-electron chi connectivity index (χ4n) is 3.84. The summed E-state index contributed by atoms with van der Waals surface area (Å²) in [6, 6.07) is -0.607. The molecule has 1 aromatic heterocycles. The van der Waals surface area contributed by atoms with Crippen LogP contribution in [0, 0.1) is 0 Å². The second kappa shape index (κ2) is 10.2. The highest BCUT2D eigenvalue weighted by Gasteiger charge is 2.44. The Hall–Kier alpha value is -2.10. The normalized spacial score (nSPS) is 16.6. The van der Waals surface area contributed by atoms with E-state index < -0.39 is 18.2 Å². The molecule has 32 heavy (non-hydrogen) atoms. The molecular formula is C21H24Cl2F3N5O. The number of aromatic nitrogens is 2. The summed E-state index contributed by atoms with van der Waals surface area (Å²) in [5, 5.41) is 1.76. The van der Waals surface area contributed by atoms with Gasteiger partial charge in [-0.3, -0.25) is 9.97 Å². The summed E-state index contributed by atoms with van der Waals surface area (Å²) in [7, 11) is 1.97. The van der Waals surface area contributed by atoms with Crippen molar-refractivity contribution in [3.63, 3.8) is 0 Å². The minimum Gasteiger partial charge on any atom is -0.322 e. The maximum atomic E-state index is 14.0. The van der Waals surface area contributed by atoms with E-state index in [-0.39, 0.29) is 21.7 Å². The molecule has 0 spiro atoms. The minimum absolute atomic E-state index is 0.0872. The molecule has 1 fully saturated rings. The molecule has 2 amide bonds. The Morgan fingerprint density at radius 1 is 1.25 bits per heavy atom. The van der Waals surface area contributed by atoms with Crippen molar-refractivity contribution >= 4 is 29.2 Å².